The summed E-state index contributed by atoms with van der Waals surface area (Å²) in [6, 6.07) is 6.97. The Balaban J connectivity index is 2.68. The molecular formula is C14H20N2O4. The van der Waals surface area contributed by atoms with E-state index in [-0.39, 0.29) is 12.6 Å². The molecule has 0 aliphatic rings. The SMILES string of the molecule is COCc1ccccc1NC(=O)N(C)CC(C)C(=O)O. The van der Waals surface area contributed by atoms with Crippen LogP contribution >= 0.6 is 0 Å². The first kappa shape index (κ1) is 16.0. The number of rotatable bonds is 6. The van der Waals surface area contributed by atoms with E-state index < -0.39 is 11.9 Å². The Bertz CT molecular complexity index is 476. The third-order valence-corrected chi connectivity index (χ3v) is 2.87. The number of hydrogen-bond acceptors (Lipinski definition) is 3. The molecule has 1 aromatic rings. The molecule has 1 atom stereocenters. The summed E-state index contributed by atoms with van der Waals surface area (Å²) in [4.78, 5) is 24.1. The lowest BCUT2D eigenvalue weighted by atomic mass is 10.2. The first-order valence-corrected chi connectivity index (χ1v) is 6.27. The highest BCUT2D eigenvalue weighted by molar-refractivity contribution is 5.90. The summed E-state index contributed by atoms with van der Waals surface area (Å²) >= 11 is 0. The number of carboxylic acid groups (broad SMARTS) is 1. The van der Waals surface area contributed by atoms with Crippen LogP contribution in [0.4, 0.5) is 10.5 Å². The summed E-state index contributed by atoms with van der Waals surface area (Å²) in [6.07, 6.45) is 0. The normalized spacial score (nSPS) is 11.8. The van der Waals surface area contributed by atoms with Gasteiger partial charge in [0.2, 0.25) is 0 Å². The zero-order chi connectivity index (χ0) is 15.1. The number of methoxy groups -OCH3 is 1. The van der Waals surface area contributed by atoms with Gasteiger partial charge in [-0.15, -0.1) is 0 Å². The number of nitrogens with zero attached hydrogens (tertiary/aromatic N) is 1. The number of benzene rings is 1. The number of urea groups is 1. The third kappa shape index (κ3) is 4.55. The number of nitrogens with one attached hydrogen (secondary N) is 1. The molecule has 0 bridgehead atoms. The van der Waals surface area contributed by atoms with Gasteiger partial charge in [-0.05, 0) is 6.07 Å². The predicted octanol–water partition coefficient (Wildman–Crippen LogP) is 2.02. The maximum absolute atomic E-state index is 12.0. The first-order chi connectivity index (χ1) is 9.45. The van der Waals surface area contributed by atoms with E-state index >= 15 is 0 Å². The van der Waals surface area contributed by atoms with Crippen LogP contribution in [-0.4, -0.2) is 42.7 Å². The fourth-order valence-corrected chi connectivity index (χ4v) is 1.71. The van der Waals surface area contributed by atoms with Crippen LogP contribution < -0.4 is 5.32 Å². The van der Waals surface area contributed by atoms with Crippen LogP contribution in [-0.2, 0) is 16.1 Å². The number of aliphatic carboxylic acids is 1. The quantitative estimate of drug-likeness (QED) is 0.835. The molecule has 2 amide bonds. The highest BCUT2D eigenvalue weighted by atomic mass is 16.5. The molecule has 20 heavy (non-hydrogen) atoms. The summed E-state index contributed by atoms with van der Waals surface area (Å²) in [6.45, 7) is 2.10. The van der Waals surface area contributed by atoms with Crippen molar-refractivity contribution in [3.63, 3.8) is 0 Å². The van der Waals surface area contributed by atoms with E-state index in [1.807, 2.05) is 18.2 Å². The van der Waals surface area contributed by atoms with Crippen molar-refractivity contribution in [2.24, 2.45) is 5.92 Å². The number of carbonyl (C=O) groups excluding carboxylic acids is 1. The van der Waals surface area contributed by atoms with Crippen molar-refractivity contribution in [3.8, 4) is 0 Å². The van der Waals surface area contributed by atoms with E-state index in [2.05, 4.69) is 5.32 Å². The lowest BCUT2D eigenvalue weighted by Gasteiger charge is -2.21. The monoisotopic (exact) mass is 280 g/mol. The van der Waals surface area contributed by atoms with Crippen molar-refractivity contribution >= 4 is 17.7 Å². The standard InChI is InChI=1S/C14H20N2O4/c1-10(13(17)18)8-16(2)14(19)15-12-7-5-4-6-11(12)9-20-3/h4-7,10H,8-9H2,1-3H3,(H,15,19)(H,17,18). The van der Waals surface area contributed by atoms with Crippen molar-refractivity contribution in [2.45, 2.75) is 13.5 Å². The Morgan fingerprint density at radius 2 is 2.05 bits per heavy atom. The van der Waals surface area contributed by atoms with E-state index in [0.717, 1.165) is 5.56 Å². The minimum Gasteiger partial charge on any atom is -0.481 e. The molecule has 110 valence electrons. The Hall–Kier alpha value is -2.08. The molecule has 0 aromatic heterocycles. The van der Waals surface area contributed by atoms with Crippen molar-refractivity contribution in [2.75, 3.05) is 26.0 Å². The summed E-state index contributed by atoms with van der Waals surface area (Å²) in [7, 11) is 3.15. The maximum Gasteiger partial charge on any atom is 0.321 e. The number of hydrogen-bond donors (Lipinski definition) is 2. The van der Waals surface area contributed by atoms with Crippen LogP contribution in [0, 0.1) is 5.92 Å². The smallest absolute Gasteiger partial charge is 0.321 e. The Labute approximate surface area is 118 Å². The summed E-state index contributed by atoms with van der Waals surface area (Å²) in [5, 5.41) is 11.6. The van der Waals surface area contributed by atoms with Crippen molar-refractivity contribution in [1.82, 2.24) is 4.90 Å². The van der Waals surface area contributed by atoms with Gasteiger partial charge in [0, 0.05) is 32.0 Å². The fraction of sp³-hybridized carbons (Fsp3) is 0.429. The van der Waals surface area contributed by atoms with Crippen LogP contribution in [0.5, 0.6) is 0 Å². The predicted molar refractivity (Wildman–Crippen MR) is 75.6 cm³/mol. The maximum atomic E-state index is 12.0. The molecule has 6 heteroatoms. The molecule has 0 aliphatic heterocycles. The molecule has 2 N–H and O–H groups in total. The number of ether oxygens (including phenoxy) is 1. The molecule has 0 fully saturated rings. The van der Waals surface area contributed by atoms with Crippen molar-refractivity contribution in [1.29, 1.82) is 0 Å². The van der Waals surface area contributed by atoms with Crippen LogP contribution in [0.15, 0.2) is 24.3 Å². The molecule has 0 radical (unpaired) electrons. The Morgan fingerprint density at radius 1 is 1.40 bits per heavy atom. The van der Waals surface area contributed by atoms with Gasteiger partial charge in [0.05, 0.1) is 12.5 Å². The van der Waals surface area contributed by atoms with Crippen LogP contribution in [0.25, 0.3) is 0 Å². The molecule has 1 aromatic carbocycles. The third-order valence-electron chi connectivity index (χ3n) is 2.87. The van der Waals surface area contributed by atoms with Gasteiger partial charge in [0.15, 0.2) is 0 Å². The Kier molecular flexibility index (Phi) is 5.99. The number of carboxylic acids is 1. The molecule has 0 aliphatic carbocycles. The average Bonchev–Trinajstić information content (AvgIpc) is 2.40. The molecule has 1 rings (SSSR count). The minimum absolute atomic E-state index is 0.146. The highest BCUT2D eigenvalue weighted by Crippen LogP contribution is 2.16. The van der Waals surface area contributed by atoms with Crippen LogP contribution in [0.2, 0.25) is 0 Å². The number of carbonyl (C=O) groups is 2. The van der Waals surface area contributed by atoms with Gasteiger partial charge in [-0.2, -0.15) is 0 Å². The number of anilines is 1. The van der Waals surface area contributed by atoms with E-state index in [0.29, 0.717) is 12.3 Å². The van der Waals surface area contributed by atoms with E-state index in [4.69, 9.17) is 9.84 Å². The number of amides is 2. The molecule has 0 heterocycles. The molecule has 0 saturated heterocycles. The van der Waals surface area contributed by atoms with Crippen LogP contribution in [0.1, 0.15) is 12.5 Å². The minimum atomic E-state index is -0.926. The fourth-order valence-electron chi connectivity index (χ4n) is 1.71. The average molecular weight is 280 g/mol. The van der Waals surface area contributed by atoms with E-state index in [1.165, 1.54) is 4.90 Å². The largest absolute Gasteiger partial charge is 0.481 e. The molecule has 0 saturated carbocycles. The second-order valence-electron chi connectivity index (χ2n) is 4.64. The topological polar surface area (TPSA) is 78.9 Å². The zero-order valence-electron chi connectivity index (χ0n) is 11.9. The molecule has 1 unspecified atom stereocenters. The zero-order valence-corrected chi connectivity index (χ0v) is 11.9. The van der Waals surface area contributed by atoms with E-state index in [9.17, 15) is 9.59 Å². The van der Waals surface area contributed by atoms with Gasteiger partial charge in [-0.25, -0.2) is 4.79 Å². The van der Waals surface area contributed by atoms with Crippen molar-refractivity contribution < 1.29 is 19.4 Å². The first-order valence-electron chi connectivity index (χ1n) is 6.27. The number of para-hydroxylation sites is 1. The van der Waals surface area contributed by atoms with Gasteiger partial charge >= 0.3 is 12.0 Å². The summed E-state index contributed by atoms with van der Waals surface area (Å²) in [5.74, 6) is -1.54. The van der Waals surface area contributed by atoms with Gasteiger partial charge in [0.1, 0.15) is 0 Å². The van der Waals surface area contributed by atoms with E-state index in [1.54, 1.807) is 27.1 Å². The van der Waals surface area contributed by atoms with Gasteiger partial charge in [0.25, 0.3) is 0 Å². The van der Waals surface area contributed by atoms with Gasteiger partial charge < -0.3 is 20.1 Å². The lowest BCUT2D eigenvalue weighted by Crippen LogP contribution is -2.36. The molecule has 6 nitrogen and oxygen atoms in total. The second-order valence-corrected chi connectivity index (χ2v) is 4.64. The molecular weight excluding hydrogens is 260 g/mol. The molecule has 0 spiro atoms. The van der Waals surface area contributed by atoms with Gasteiger partial charge in [-0.3, -0.25) is 4.79 Å². The highest BCUT2D eigenvalue weighted by Gasteiger charge is 2.17. The Morgan fingerprint density at radius 3 is 2.65 bits per heavy atom. The second kappa shape index (κ2) is 7.49. The van der Waals surface area contributed by atoms with Crippen molar-refractivity contribution in [3.05, 3.63) is 29.8 Å². The summed E-state index contributed by atoms with van der Waals surface area (Å²) < 4.78 is 5.06. The van der Waals surface area contributed by atoms with Gasteiger partial charge in [-0.1, -0.05) is 25.1 Å². The lowest BCUT2D eigenvalue weighted by molar-refractivity contribution is -0.141. The summed E-state index contributed by atoms with van der Waals surface area (Å²) in [5.41, 5.74) is 1.53. The van der Waals surface area contributed by atoms with Crippen LogP contribution in [0.3, 0.4) is 0 Å².